The van der Waals surface area contributed by atoms with Crippen LogP contribution in [0.4, 0.5) is 0 Å². The second-order valence-electron chi connectivity index (χ2n) is 8.06. The summed E-state index contributed by atoms with van der Waals surface area (Å²) in [5, 5.41) is 0.180. The summed E-state index contributed by atoms with van der Waals surface area (Å²) in [5.74, 6) is 0.813. The molecule has 0 saturated heterocycles. The largest absolute Gasteiger partial charge is 0.471 e. The molecule has 0 bridgehead atoms. The van der Waals surface area contributed by atoms with Crippen LogP contribution in [0.1, 0.15) is 124 Å². The summed E-state index contributed by atoms with van der Waals surface area (Å²) in [4.78, 5) is 10.3. The van der Waals surface area contributed by atoms with E-state index in [1.807, 2.05) is 13.8 Å². The van der Waals surface area contributed by atoms with Crippen molar-refractivity contribution in [3.63, 3.8) is 0 Å². The van der Waals surface area contributed by atoms with E-state index < -0.39 is 0 Å². The molecule has 0 fully saturated rings. The van der Waals surface area contributed by atoms with E-state index in [0.717, 1.165) is 12.8 Å². The number of ether oxygens (including phenoxy) is 1. The highest BCUT2D eigenvalue weighted by Gasteiger charge is 1.96. The van der Waals surface area contributed by atoms with Crippen LogP contribution in [0.25, 0.3) is 0 Å². The van der Waals surface area contributed by atoms with Crippen LogP contribution in [-0.4, -0.2) is 17.6 Å². The molecule has 0 unspecified atom stereocenters. The van der Waals surface area contributed by atoms with Gasteiger partial charge in [-0.2, -0.15) is 0 Å². The molecular formula is C23H47NO2S. The van der Waals surface area contributed by atoms with Gasteiger partial charge in [-0.05, 0) is 31.5 Å². The molecule has 0 heterocycles. The van der Waals surface area contributed by atoms with Gasteiger partial charge >= 0.3 is 0 Å². The predicted molar refractivity (Wildman–Crippen MR) is 123 cm³/mol. The molecule has 0 aromatic heterocycles. The molecule has 27 heavy (non-hydrogen) atoms. The van der Waals surface area contributed by atoms with E-state index in [2.05, 4.69) is 19.1 Å². The normalized spacial score (nSPS) is 10.4. The molecule has 3 nitrogen and oxygen atoms in total. The summed E-state index contributed by atoms with van der Waals surface area (Å²) in [6.45, 7) is 8.68. The molecule has 0 amide bonds. The summed E-state index contributed by atoms with van der Waals surface area (Å²) >= 11 is 4.65. The van der Waals surface area contributed by atoms with Gasteiger partial charge in [0.2, 0.25) is 0 Å². The molecule has 162 valence electrons. The lowest BCUT2D eigenvalue weighted by molar-refractivity contribution is -0.117. The monoisotopic (exact) mass is 401 g/mol. The van der Waals surface area contributed by atoms with Crippen LogP contribution in [0.3, 0.4) is 0 Å². The fourth-order valence-electron chi connectivity index (χ4n) is 3.04. The number of carbonyl (C=O) groups is 1. The van der Waals surface area contributed by atoms with Crippen molar-refractivity contribution in [3.8, 4) is 0 Å². The lowest BCUT2D eigenvalue weighted by Gasteiger charge is -2.04. The maximum absolute atomic E-state index is 10.3. The van der Waals surface area contributed by atoms with Crippen molar-refractivity contribution in [2.24, 2.45) is 11.7 Å². The molecule has 0 aliphatic heterocycles. The molecular weight excluding hydrogens is 354 g/mol. The molecule has 0 atom stereocenters. The Morgan fingerprint density at radius 2 is 1.19 bits per heavy atom. The van der Waals surface area contributed by atoms with Crippen LogP contribution < -0.4 is 5.73 Å². The van der Waals surface area contributed by atoms with Gasteiger partial charge in [-0.25, -0.2) is 0 Å². The summed E-state index contributed by atoms with van der Waals surface area (Å²) in [6.07, 6.45) is 19.9. The van der Waals surface area contributed by atoms with E-state index in [1.165, 1.54) is 83.5 Å². The Labute approximate surface area is 175 Å². The maximum atomic E-state index is 10.3. The number of hydrogen-bond acceptors (Lipinski definition) is 3. The Balaban J connectivity index is 0. The van der Waals surface area contributed by atoms with Crippen LogP contribution in [-0.2, 0) is 9.53 Å². The van der Waals surface area contributed by atoms with Crippen LogP contribution in [0.5, 0.6) is 0 Å². The zero-order chi connectivity index (χ0) is 20.8. The van der Waals surface area contributed by atoms with Gasteiger partial charge in [0, 0.05) is 6.42 Å². The smallest absolute Gasteiger partial charge is 0.253 e. The first-order chi connectivity index (χ1) is 12.9. The number of rotatable bonds is 17. The summed E-state index contributed by atoms with van der Waals surface area (Å²) in [5.41, 5.74) is 5.26. The van der Waals surface area contributed by atoms with Crippen LogP contribution in [0, 0.1) is 5.92 Å². The van der Waals surface area contributed by atoms with E-state index in [4.69, 9.17) is 10.5 Å². The predicted octanol–water partition coefficient (Wildman–Crippen LogP) is 7.35. The van der Waals surface area contributed by atoms with Gasteiger partial charge < -0.3 is 15.3 Å². The third kappa shape index (κ3) is 33.4. The first-order valence-corrected chi connectivity index (χ1v) is 11.7. The number of Topliss-reactive ketones (excluding diaryl/α,β-unsaturated/α-hetero) is 1. The number of unbranched alkanes of at least 4 members (excludes halogenated alkanes) is 13. The van der Waals surface area contributed by atoms with Crippen molar-refractivity contribution in [2.75, 3.05) is 6.61 Å². The van der Waals surface area contributed by atoms with E-state index in [1.54, 1.807) is 6.92 Å². The highest BCUT2D eigenvalue weighted by molar-refractivity contribution is 7.80. The Kier molecular flexibility index (Phi) is 24.8. The Hall–Kier alpha value is -0.640. The maximum Gasteiger partial charge on any atom is 0.253 e. The molecule has 0 aliphatic rings. The van der Waals surface area contributed by atoms with Crippen LogP contribution in [0.15, 0.2) is 0 Å². The second kappa shape index (κ2) is 23.4. The van der Waals surface area contributed by atoms with Gasteiger partial charge in [0.15, 0.2) is 0 Å². The van der Waals surface area contributed by atoms with Crippen molar-refractivity contribution >= 4 is 23.2 Å². The van der Waals surface area contributed by atoms with Gasteiger partial charge in [-0.3, -0.25) is 0 Å². The Morgan fingerprint density at radius 3 is 1.44 bits per heavy atom. The zero-order valence-electron chi connectivity index (χ0n) is 18.7. The molecule has 0 aromatic rings. The van der Waals surface area contributed by atoms with E-state index in [9.17, 15) is 4.79 Å². The molecule has 0 radical (unpaired) electrons. The Morgan fingerprint density at radius 1 is 0.815 bits per heavy atom. The van der Waals surface area contributed by atoms with E-state index in [-0.39, 0.29) is 11.0 Å². The van der Waals surface area contributed by atoms with Gasteiger partial charge in [0.05, 0.1) is 6.61 Å². The molecule has 0 aliphatic carbocycles. The van der Waals surface area contributed by atoms with Gasteiger partial charge in [0.1, 0.15) is 5.78 Å². The lowest BCUT2D eigenvalue weighted by Crippen LogP contribution is -2.13. The first-order valence-electron chi connectivity index (χ1n) is 11.3. The van der Waals surface area contributed by atoms with Gasteiger partial charge in [0.25, 0.3) is 5.17 Å². The summed E-state index contributed by atoms with van der Waals surface area (Å²) < 4.78 is 5.06. The third-order valence-electron chi connectivity index (χ3n) is 4.44. The van der Waals surface area contributed by atoms with Crippen LogP contribution in [0.2, 0.25) is 0 Å². The zero-order valence-corrected chi connectivity index (χ0v) is 19.5. The van der Waals surface area contributed by atoms with Crippen LogP contribution >= 0.6 is 12.2 Å². The van der Waals surface area contributed by atoms with Crippen molar-refractivity contribution in [1.29, 1.82) is 0 Å². The third-order valence-corrected chi connectivity index (χ3v) is 4.56. The van der Waals surface area contributed by atoms with Crippen molar-refractivity contribution in [3.05, 3.63) is 0 Å². The highest BCUT2D eigenvalue weighted by Crippen LogP contribution is 2.12. The average molecular weight is 402 g/mol. The fourth-order valence-corrected chi connectivity index (χ4v) is 3.13. The number of thiocarbonyl (C=S) groups is 1. The summed E-state index contributed by atoms with van der Waals surface area (Å²) in [7, 11) is 0. The number of carbonyl (C=O) groups excluding carboxylic acids is 1. The second-order valence-corrected chi connectivity index (χ2v) is 8.47. The van der Waals surface area contributed by atoms with Crippen molar-refractivity contribution in [1.82, 2.24) is 0 Å². The number of hydrogen-bond donors (Lipinski definition) is 1. The SMILES string of the molecule is CC(=O)CC(C)C.CCCCCCCCCCCCCCCCOC(N)=S. The lowest BCUT2D eigenvalue weighted by atomic mass is 10.0. The molecule has 2 N–H and O–H groups in total. The number of nitrogens with two attached hydrogens (primary N) is 1. The minimum atomic E-state index is 0.180. The molecule has 0 spiro atoms. The fraction of sp³-hybridized carbons (Fsp3) is 0.913. The number of ketones is 1. The van der Waals surface area contributed by atoms with Crippen molar-refractivity contribution in [2.45, 2.75) is 124 Å². The molecule has 0 rings (SSSR count). The minimum Gasteiger partial charge on any atom is -0.471 e. The highest BCUT2D eigenvalue weighted by atomic mass is 32.1. The quantitative estimate of drug-likeness (QED) is 0.204. The first kappa shape index (κ1) is 28.6. The summed E-state index contributed by atoms with van der Waals surface area (Å²) in [6, 6.07) is 0. The van der Waals surface area contributed by atoms with Gasteiger partial charge in [-0.15, -0.1) is 0 Å². The molecule has 0 aromatic carbocycles. The molecule has 0 saturated carbocycles. The van der Waals surface area contributed by atoms with E-state index in [0.29, 0.717) is 12.5 Å². The molecule has 4 heteroatoms. The topological polar surface area (TPSA) is 52.3 Å². The average Bonchev–Trinajstić information content (AvgIpc) is 2.57. The standard InChI is InChI=1S/C17H35NOS.C6H12O/c1-2-3-4-5-6-7-8-9-10-11-12-13-14-15-16-19-17(18)20;1-5(2)4-6(3)7/h2-16H2,1H3,(H2,18,20);5H,4H2,1-3H3. The van der Waals surface area contributed by atoms with Gasteiger partial charge in [-0.1, -0.05) is 104 Å². The van der Waals surface area contributed by atoms with Crippen molar-refractivity contribution < 1.29 is 9.53 Å². The minimum absolute atomic E-state index is 0.180. The Bertz CT molecular complexity index is 332. The van der Waals surface area contributed by atoms with E-state index >= 15 is 0 Å².